The molecule has 0 spiro atoms. The predicted octanol–water partition coefficient (Wildman–Crippen LogP) is 3.34. The first-order chi connectivity index (χ1) is 12.8. The fourth-order valence-corrected chi connectivity index (χ4v) is 2.58. The van der Waals surface area contributed by atoms with Crippen molar-refractivity contribution in [3.63, 3.8) is 0 Å². The smallest absolute Gasteiger partial charge is 0.338 e. The van der Waals surface area contributed by atoms with E-state index in [0.717, 1.165) is 0 Å². The molecule has 3 rings (SSSR count). The number of phenols is 1. The molecule has 2 aromatic carbocycles. The van der Waals surface area contributed by atoms with Crippen LogP contribution in [0.15, 0.2) is 42.5 Å². The van der Waals surface area contributed by atoms with Crippen LogP contribution >= 0.6 is 0 Å². The summed E-state index contributed by atoms with van der Waals surface area (Å²) >= 11 is 0. The second-order valence-electron chi connectivity index (χ2n) is 6.94. The Morgan fingerprint density at radius 2 is 1.89 bits per heavy atom. The van der Waals surface area contributed by atoms with E-state index in [4.69, 9.17) is 14.2 Å². The molecular formula is C21H22O6. The Bertz CT molecular complexity index is 852. The maximum Gasteiger partial charge on any atom is 0.338 e. The molecule has 0 amide bonds. The van der Waals surface area contributed by atoms with E-state index in [0.29, 0.717) is 29.0 Å². The van der Waals surface area contributed by atoms with Crippen molar-refractivity contribution in [2.24, 2.45) is 5.92 Å². The first kappa shape index (κ1) is 18.9. The van der Waals surface area contributed by atoms with E-state index in [2.05, 4.69) is 0 Å². The maximum absolute atomic E-state index is 12.2. The van der Waals surface area contributed by atoms with E-state index in [1.54, 1.807) is 51.1 Å². The minimum Gasteiger partial charge on any atom is -0.508 e. The van der Waals surface area contributed by atoms with Crippen molar-refractivity contribution in [2.45, 2.75) is 26.4 Å². The number of ether oxygens (including phenoxy) is 3. The van der Waals surface area contributed by atoms with Crippen molar-refractivity contribution in [2.75, 3.05) is 13.2 Å². The summed E-state index contributed by atoms with van der Waals surface area (Å²) in [6.07, 6.45) is 0. The number of aromatic hydroxyl groups is 1. The van der Waals surface area contributed by atoms with Crippen molar-refractivity contribution < 1.29 is 28.9 Å². The van der Waals surface area contributed by atoms with Gasteiger partial charge in [0, 0.05) is 5.56 Å². The molecule has 6 heteroatoms. The second-order valence-corrected chi connectivity index (χ2v) is 6.94. The molecule has 142 valence electrons. The van der Waals surface area contributed by atoms with Gasteiger partial charge in [0.1, 0.15) is 18.1 Å². The Morgan fingerprint density at radius 1 is 1.22 bits per heavy atom. The van der Waals surface area contributed by atoms with Crippen LogP contribution in [0.3, 0.4) is 0 Å². The van der Waals surface area contributed by atoms with Gasteiger partial charge >= 0.3 is 11.9 Å². The lowest BCUT2D eigenvalue weighted by molar-refractivity contribution is -0.137. The number of hydrogen-bond donors (Lipinski definition) is 1. The van der Waals surface area contributed by atoms with Gasteiger partial charge in [-0.3, -0.25) is 4.79 Å². The maximum atomic E-state index is 12.2. The number of epoxide rings is 1. The van der Waals surface area contributed by atoms with Crippen LogP contribution in [0.25, 0.3) is 0 Å². The average molecular weight is 370 g/mol. The Morgan fingerprint density at radius 3 is 2.48 bits per heavy atom. The Balaban J connectivity index is 1.82. The molecule has 0 radical (unpaired) electrons. The summed E-state index contributed by atoms with van der Waals surface area (Å²) in [6, 6.07) is 11.7. The minimum atomic E-state index is -0.928. The number of aryl methyl sites for hydroxylation is 1. The highest BCUT2D eigenvalue weighted by Gasteiger charge is 2.50. The molecule has 27 heavy (non-hydrogen) atoms. The van der Waals surface area contributed by atoms with Gasteiger partial charge in [0.15, 0.2) is 5.60 Å². The molecule has 0 aliphatic carbocycles. The standard InChI is InChI=1S/C21H22O6/c1-13(2)19(23)27-18-9-14(3)17(22)10-16(18)21(12-26-21)11-25-20(24)15-7-5-4-6-8-15/h4-10,13,22H,11-12H2,1-3H3/t21-/m1/s1. The molecule has 0 unspecified atom stereocenters. The summed E-state index contributed by atoms with van der Waals surface area (Å²) < 4.78 is 16.5. The molecular weight excluding hydrogens is 348 g/mol. The Hall–Kier alpha value is -2.86. The van der Waals surface area contributed by atoms with Gasteiger partial charge in [-0.25, -0.2) is 4.79 Å². The molecule has 1 N–H and O–H groups in total. The van der Waals surface area contributed by atoms with E-state index in [-0.39, 0.29) is 18.3 Å². The molecule has 0 bridgehead atoms. The van der Waals surface area contributed by atoms with E-state index in [1.165, 1.54) is 6.07 Å². The van der Waals surface area contributed by atoms with Crippen LogP contribution in [0, 0.1) is 12.8 Å². The lowest BCUT2D eigenvalue weighted by Gasteiger charge is -2.18. The van der Waals surface area contributed by atoms with Crippen molar-refractivity contribution in [3.05, 3.63) is 59.2 Å². The van der Waals surface area contributed by atoms with E-state index in [9.17, 15) is 14.7 Å². The SMILES string of the molecule is Cc1cc(OC(=O)C(C)C)c([C@@]2(COC(=O)c3ccccc3)CO2)cc1O. The summed E-state index contributed by atoms with van der Waals surface area (Å²) in [5.41, 5.74) is 0.566. The molecule has 0 aromatic heterocycles. The van der Waals surface area contributed by atoms with Crippen LogP contribution in [0.5, 0.6) is 11.5 Å². The van der Waals surface area contributed by atoms with Gasteiger partial charge in [0.2, 0.25) is 0 Å². The van der Waals surface area contributed by atoms with E-state index >= 15 is 0 Å². The first-order valence-electron chi connectivity index (χ1n) is 8.74. The fourth-order valence-electron chi connectivity index (χ4n) is 2.58. The molecule has 6 nitrogen and oxygen atoms in total. The molecule has 1 atom stereocenters. The van der Waals surface area contributed by atoms with Gasteiger partial charge in [-0.2, -0.15) is 0 Å². The third-order valence-electron chi connectivity index (χ3n) is 4.41. The van der Waals surface area contributed by atoms with Crippen LogP contribution in [0.1, 0.15) is 35.3 Å². The third-order valence-corrected chi connectivity index (χ3v) is 4.41. The van der Waals surface area contributed by atoms with Crippen LogP contribution < -0.4 is 4.74 Å². The quantitative estimate of drug-likeness (QED) is 0.477. The number of phenolic OH excluding ortho intramolecular Hbond substituents is 1. The monoisotopic (exact) mass is 370 g/mol. The Labute approximate surface area is 157 Å². The van der Waals surface area contributed by atoms with Crippen molar-refractivity contribution in [3.8, 4) is 11.5 Å². The highest BCUT2D eigenvalue weighted by Crippen LogP contribution is 2.46. The van der Waals surface area contributed by atoms with Gasteiger partial charge in [-0.05, 0) is 36.8 Å². The number of benzene rings is 2. The zero-order valence-electron chi connectivity index (χ0n) is 15.5. The molecule has 1 saturated heterocycles. The minimum absolute atomic E-state index is 0.0462. The number of carbonyl (C=O) groups excluding carboxylic acids is 2. The molecule has 2 aromatic rings. The topological polar surface area (TPSA) is 85.4 Å². The van der Waals surface area contributed by atoms with Crippen molar-refractivity contribution >= 4 is 11.9 Å². The van der Waals surface area contributed by atoms with E-state index < -0.39 is 17.5 Å². The number of carbonyl (C=O) groups is 2. The summed E-state index contributed by atoms with van der Waals surface area (Å²) in [4.78, 5) is 24.3. The van der Waals surface area contributed by atoms with E-state index in [1.807, 2.05) is 6.07 Å². The van der Waals surface area contributed by atoms with Crippen LogP contribution in [-0.4, -0.2) is 30.3 Å². The van der Waals surface area contributed by atoms with Gasteiger partial charge in [0.25, 0.3) is 0 Å². The normalized spacial score (nSPS) is 18.2. The zero-order valence-corrected chi connectivity index (χ0v) is 15.5. The summed E-state index contributed by atoms with van der Waals surface area (Å²) in [5.74, 6) is -0.809. The molecule has 1 fully saturated rings. The average Bonchev–Trinajstić information content (AvgIpc) is 3.44. The lowest BCUT2D eigenvalue weighted by Crippen LogP contribution is -2.23. The zero-order chi connectivity index (χ0) is 19.6. The van der Waals surface area contributed by atoms with Gasteiger partial charge in [0.05, 0.1) is 18.1 Å². The molecule has 0 saturated carbocycles. The van der Waals surface area contributed by atoms with Crippen molar-refractivity contribution in [1.82, 2.24) is 0 Å². The number of esters is 2. The third kappa shape index (κ3) is 4.11. The predicted molar refractivity (Wildman–Crippen MR) is 97.7 cm³/mol. The van der Waals surface area contributed by atoms with Crippen LogP contribution in [0.2, 0.25) is 0 Å². The largest absolute Gasteiger partial charge is 0.508 e. The number of rotatable bonds is 6. The highest BCUT2D eigenvalue weighted by atomic mass is 16.6. The lowest BCUT2D eigenvalue weighted by atomic mass is 9.97. The van der Waals surface area contributed by atoms with Gasteiger partial charge in [-0.1, -0.05) is 32.0 Å². The molecule has 1 aliphatic heterocycles. The summed E-state index contributed by atoms with van der Waals surface area (Å²) in [5, 5.41) is 10.1. The fraction of sp³-hybridized carbons (Fsp3) is 0.333. The van der Waals surface area contributed by atoms with Crippen LogP contribution in [0.4, 0.5) is 0 Å². The Kier molecular flexibility index (Phi) is 5.19. The molecule has 1 heterocycles. The van der Waals surface area contributed by atoms with Crippen LogP contribution in [-0.2, 0) is 19.9 Å². The first-order valence-corrected chi connectivity index (χ1v) is 8.74. The number of hydrogen-bond acceptors (Lipinski definition) is 6. The molecule has 1 aliphatic rings. The van der Waals surface area contributed by atoms with Gasteiger partial charge in [-0.15, -0.1) is 0 Å². The van der Waals surface area contributed by atoms with Crippen molar-refractivity contribution in [1.29, 1.82) is 0 Å². The highest BCUT2D eigenvalue weighted by molar-refractivity contribution is 5.89. The van der Waals surface area contributed by atoms with Gasteiger partial charge < -0.3 is 19.3 Å². The summed E-state index contributed by atoms with van der Waals surface area (Å²) in [7, 11) is 0. The second kappa shape index (κ2) is 7.40. The summed E-state index contributed by atoms with van der Waals surface area (Å²) in [6.45, 7) is 5.43.